The fourth-order valence-electron chi connectivity index (χ4n) is 0.855. The van der Waals surface area contributed by atoms with E-state index >= 15 is 0 Å². The number of hydrogen-bond donors (Lipinski definition) is 4. The van der Waals surface area contributed by atoms with E-state index < -0.39 is 29.4 Å². The van der Waals surface area contributed by atoms with Crippen LogP contribution in [0.1, 0.15) is 0 Å². The predicted molar refractivity (Wildman–Crippen MR) is 40.6 cm³/mol. The first-order valence-electron chi connectivity index (χ1n) is 3.11. The highest BCUT2D eigenvalue weighted by molar-refractivity contribution is 8.02. The van der Waals surface area contributed by atoms with Crippen LogP contribution >= 0.6 is 11.8 Å². The van der Waals surface area contributed by atoms with Crippen LogP contribution in [0.15, 0.2) is 0 Å². The van der Waals surface area contributed by atoms with Crippen molar-refractivity contribution in [3.63, 3.8) is 0 Å². The summed E-state index contributed by atoms with van der Waals surface area (Å²) in [6.45, 7) is -0.790. The first kappa shape index (κ1) is 8.79. The molecule has 11 heavy (non-hydrogen) atoms. The van der Waals surface area contributed by atoms with E-state index in [0.29, 0.717) is 0 Å². The van der Waals surface area contributed by atoms with Gasteiger partial charge in [0.25, 0.3) is 0 Å². The van der Waals surface area contributed by atoms with Gasteiger partial charge in [0.15, 0.2) is 0 Å². The lowest BCUT2D eigenvalue weighted by Crippen LogP contribution is -2.43. The van der Waals surface area contributed by atoms with Crippen LogP contribution in [0.5, 0.6) is 0 Å². The average molecular weight is 178 g/mol. The minimum absolute atomic E-state index is 0.395. The molecule has 5 N–H and O–H groups in total. The van der Waals surface area contributed by atoms with Crippen molar-refractivity contribution < 1.29 is 15.0 Å². The highest BCUT2D eigenvalue weighted by atomic mass is 32.2. The monoisotopic (exact) mass is 178 g/mol. The summed E-state index contributed by atoms with van der Waals surface area (Å²) in [5.74, 6) is -0.403. The number of nitrogens with two attached hydrogens (primary N) is 1. The quantitative estimate of drug-likeness (QED) is 0.385. The number of carbonyl (C=O) groups is 1. The predicted octanol–water partition coefficient (Wildman–Crippen LogP) is -2.18. The maximum atomic E-state index is 11.0. The summed E-state index contributed by atoms with van der Waals surface area (Å²) in [4.78, 5) is 11.0. The fraction of sp³-hybridized carbons (Fsp3) is 0.800. The molecule has 1 aliphatic heterocycles. The maximum Gasteiger partial charge on any atom is 0.242 e. The molecule has 5 nitrogen and oxygen atoms in total. The van der Waals surface area contributed by atoms with Crippen molar-refractivity contribution >= 4 is 17.7 Å². The normalized spacial score (nSPS) is 28.6. The molecule has 1 atom stereocenters. The zero-order valence-electron chi connectivity index (χ0n) is 5.78. The van der Waals surface area contributed by atoms with Crippen molar-refractivity contribution in [2.24, 2.45) is 5.73 Å². The van der Waals surface area contributed by atoms with Gasteiger partial charge in [0, 0.05) is 0 Å². The minimum Gasteiger partial charge on any atom is -0.394 e. The molecule has 1 fully saturated rings. The number of hydrogen-bond acceptors (Lipinski definition) is 5. The zero-order chi connectivity index (χ0) is 8.48. The van der Waals surface area contributed by atoms with Crippen molar-refractivity contribution in [3.05, 3.63) is 0 Å². The highest BCUT2D eigenvalue weighted by Gasteiger charge is 2.45. The van der Waals surface area contributed by atoms with Crippen LogP contribution in [0.25, 0.3) is 0 Å². The van der Waals surface area contributed by atoms with E-state index in [4.69, 9.17) is 15.9 Å². The molecular formula is C5H10N2O3S. The Morgan fingerprint density at radius 1 is 1.64 bits per heavy atom. The van der Waals surface area contributed by atoms with Gasteiger partial charge in [-0.2, -0.15) is 0 Å². The van der Waals surface area contributed by atoms with Gasteiger partial charge in [0.2, 0.25) is 5.91 Å². The molecule has 1 amide bonds. The smallest absolute Gasteiger partial charge is 0.242 e. The molecule has 0 aromatic heterocycles. The lowest BCUT2D eigenvalue weighted by molar-refractivity contribution is -0.124. The number of rotatable bonds is 2. The molecule has 0 aromatic carbocycles. The third-order valence-corrected chi connectivity index (χ3v) is 2.82. The number of amides is 1. The van der Waals surface area contributed by atoms with Crippen LogP contribution in [-0.2, 0) is 4.79 Å². The average Bonchev–Trinajstić information content (AvgIpc) is 2.27. The third kappa shape index (κ3) is 1.34. The standard InChI is InChI=1S/C5H10N2O3S/c6-4-7-3(10)5(1-8,2-9)11-4/h4,8-9H,1-2,6H2,(H,7,10). The Hall–Kier alpha value is -0.300. The second kappa shape index (κ2) is 2.98. The van der Waals surface area contributed by atoms with Crippen molar-refractivity contribution in [2.75, 3.05) is 13.2 Å². The van der Waals surface area contributed by atoms with Gasteiger partial charge in [-0.1, -0.05) is 11.8 Å². The Labute approximate surface area is 68.0 Å². The van der Waals surface area contributed by atoms with Gasteiger partial charge in [-0.25, -0.2) is 0 Å². The molecule has 6 heteroatoms. The van der Waals surface area contributed by atoms with Crippen LogP contribution in [0.4, 0.5) is 0 Å². The van der Waals surface area contributed by atoms with Crippen LogP contribution in [-0.4, -0.2) is 39.6 Å². The molecule has 0 aliphatic carbocycles. The first-order valence-corrected chi connectivity index (χ1v) is 3.99. The number of aliphatic hydroxyl groups excluding tert-OH is 2. The molecule has 0 radical (unpaired) electrons. The highest BCUT2D eigenvalue weighted by Crippen LogP contribution is 2.31. The largest absolute Gasteiger partial charge is 0.394 e. The lowest BCUT2D eigenvalue weighted by atomic mass is 10.1. The third-order valence-electron chi connectivity index (χ3n) is 1.55. The Morgan fingerprint density at radius 3 is 2.36 bits per heavy atom. The fourth-order valence-corrected chi connectivity index (χ4v) is 1.82. The molecular weight excluding hydrogens is 168 g/mol. The Kier molecular flexibility index (Phi) is 2.38. The van der Waals surface area contributed by atoms with Crippen molar-refractivity contribution in [1.82, 2.24) is 5.32 Å². The zero-order valence-corrected chi connectivity index (χ0v) is 6.60. The molecule has 1 heterocycles. The van der Waals surface area contributed by atoms with Gasteiger partial charge >= 0.3 is 0 Å². The molecule has 0 saturated carbocycles. The number of thioether (sulfide) groups is 1. The lowest BCUT2D eigenvalue weighted by Gasteiger charge is -2.18. The molecule has 64 valence electrons. The SMILES string of the molecule is NC1NC(=O)C(CO)(CO)S1. The van der Waals surface area contributed by atoms with Gasteiger partial charge < -0.3 is 21.3 Å². The van der Waals surface area contributed by atoms with Gasteiger partial charge in [-0.3, -0.25) is 4.79 Å². The van der Waals surface area contributed by atoms with E-state index in [0.717, 1.165) is 11.8 Å². The Balaban J connectivity index is 2.76. The summed E-state index contributed by atoms with van der Waals surface area (Å²) in [7, 11) is 0. The van der Waals surface area contributed by atoms with Crippen molar-refractivity contribution in [2.45, 2.75) is 10.2 Å². The van der Waals surface area contributed by atoms with E-state index in [9.17, 15) is 4.79 Å². The Morgan fingerprint density at radius 2 is 2.18 bits per heavy atom. The van der Waals surface area contributed by atoms with E-state index in [2.05, 4.69) is 5.32 Å². The number of carbonyl (C=O) groups excluding carboxylic acids is 1. The van der Waals surface area contributed by atoms with Crippen LogP contribution in [0.3, 0.4) is 0 Å². The molecule has 1 rings (SSSR count). The molecule has 1 aliphatic rings. The second-order valence-electron chi connectivity index (χ2n) is 2.32. The van der Waals surface area contributed by atoms with Gasteiger partial charge in [0.05, 0.1) is 13.2 Å². The summed E-state index contributed by atoms with van der Waals surface area (Å²) in [5.41, 5.74) is 4.83. The maximum absolute atomic E-state index is 11.0. The van der Waals surface area contributed by atoms with E-state index in [1.54, 1.807) is 0 Å². The van der Waals surface area contributed by atoms with Crippen LogP contribution in [0.2, 0.25) is 0 Å². The second-order valence-corrected chi connectivity index (χ2v) is 3.85. The van der Waals surface area contributed by atoms with Crippen molar-refractivity contribution in [3.8, 4) is 0 Å². The van der Waals surface area contributed by atoms with Crippen LogP contribution in [0, 0.1) is 0 Å². The van der Waals surface area contributed by atoms with E-state index in [1.807, 2.05) is 0 Å². The van der Waals surface area contributed by atoms with Gasteiger partial charge in [-0.05, 0) is 0 Å². The van der Waals surface area contributed by atoms with Crippen molar-refractivity contribution in [1.29, 1.82) is 0 Å². The van der Waals surface area contributed by atoms with E-state index in [-0.39, 0.29) is 0 Å². The molecule has 0 spiro atoms. The summed E-state index contributed by atoms with van der Waals surface area (Å²) in [6.07, 6.45) is 0. The topological polar surface area (TPSA) is 95.6 Å². The number of aliphatic hydroxyl groups is 2. The Bertz CT molecular complexity index is 171. The molecule has 1 unspecified atom stereocenters. The number of nitrogens with one attached hydrogen (secondary N) is 1. The summed E-state index contributed by atoms with van der Waals surface area (Å²) < 4.78 is -1.14. The van der Waals surface area contributed by atoms with E-state index in [1.165, 1.54) is 0 Å². The van der Waals surface area contributed by atoms with Gasteiger partial charge in [-0.15, -0.1) is 0 Å². The molecule has 0 aromatic rings. The molecule has 1 saturated heterocycles. The minimum atomic E-state index is -1.14. The summed E-state index contributed by atoms with van der Waals surface area (Å²) >= 11 is 1.04. The molecule has 0 bridgehead atoms. The van der Waals surface area contributed by atoms with Gasteiger partial charge in [0.1, 0.15) is 10.2 Å². The van der Waals surface area contributed by atoms with Crippen LogP contribution < -0.4 is 11.1 Å². The summed E-state index contributed by atoms with van der Waals surface area (Å²) in [5, 5.41) is 20.0. The summed E-state index contributed by atoms with van der Waals surface area (Å²) in [6, 6.07) is 0. The first-order chi connectivity index (χ1) is 5.14.